The summed E-state index contributed by atoms with van der Waals surface area (Å²) in [5.41, 5.74) is 5.81. The minimum atomic E-state index is -4.54. The standard InChI is InChI=1S/C19H20F3NO4/c1-27-14-5-2-11(3-6-14)15(16(10-24)18(25)26)9-12-8-13(19(20,21)22)4-7-17(12)23/h2-8,15-16,24H,9-10,23H2,1H3,(H,25,26). The van der Waals surface area contributed by atoms with E-state index in [4.69, 9.17) is 10.5 Å². The topological polar surface area (TPSA) is 92.8 Å². The Morgan fingerprint density at radius 2 is 1.81 bits per heavy atom. The molecule has 0 aliphatic rings. The van der Waals surface area contributed by atoms with Crippen molar-refractivity contribution in [1.29, 1.82) is 0 Å². The van der Waals surface area contributed by atoms with E-state index in [2.05, 4.69) is 0 Å². The van der Waals surface area contributed by atoms with Crippen molar-refractivity contribution in [1.82, 2.24) is 0 Å². The second-order valence-corrected chi connectivity index (χ2v) is 6.12. The molecule has 8 heteroatoms. The first-order chi connectivity index (χ1) is 12.7. The van der Waals surface area contributed by atoms with E-state index in [9.17, 15) is 28.2 Å². The van der Waals surface area contributed by atoms with Crippen molar-refractivity contribution in [2.75, 3.05) is 19.5 Å². The Morgan fingerprint density at radius 3 is 2.30 bits per heavy atom. The lowest BCUT2D eigenvalue weighted by molar-refractivity contribution is -0.144. The van der Waals surface area contributed by atoms with Crippen LogP contribution in [-0.2, 0) is 17.4 Å². The maximum absolute atomic E-state index is 13.0. The molecule has 0 fully saturated rings. The predicted molar refractivity (Wildman–Crippen MR) is 93.5 cm³/mol. The Morgan fingerprint density at radius 1 is 1.19 bits per heavy atom. The number of hydrogen-bond donors (Lipinski definition) is 3. The number of ether oxygens (including phenoxy) is 1. The first kappa shape index (κ1) is 20.6. The molecule has 5 nitrogen and oxygen atoms in total. The van der Waals surface area contributed by atoms with Gasteiger partial charge in [-0.2, -0.15) is 13.2 Å². The van der Waals surface area contributed by atoms with Gasteiger partial charge in [-0.3, -0.25) is 4.79 Å². The zero-order valence-electron chi connectivity index (χ0n) is 14.5. The Hall–Kier alpha value is -2.74. The summed E-state index contributed by atoms with van der Waals surface area (Å²) in [6.45, 7) is -0.662. The number of nitrogen functional groups attached to an aromatic ring is 1. The largest absolute Gasteiger partial charge is 0.497 e. The van der Waals surface area contributed by atoms with Gasteiger partial charge in [-0.05, 0) is 47.9 Å². The van der Waals surface area contributed by atoms with Crippen LogP contribution in [0, 0.1) is 5.92 Å². The van der Waals surface area contributed by atoms with Gasteiger partial charge in [0.05, 0.1) is 25.2 Å². The number of aliphatic carboxylic acids is 1. The summed E-state index contributed by atoms with van der Waals surface area (Å²) in [6.07, 6.45) is -4.61. The second kappa shape index (κ2) is 8.30. The van der Waals surface area contributed by atoms with Crippen LogP contribution in [0.1, 0.15) is 22.6 Å². The SMILES string of the molecule is COc1ccc(C(Cc2cc(C(F)(F)F)ccc2N)C(CO)C(=O)O)cc1. The Balaban J connectivity index is 2.46. The fourth-order valence-corrected chi connectivity index (χ4v) is 2.92. The van der Waals surface area contributed by atoms with E-state index >= 15 is 0 Å². The number of alkyl halides is 3. The Kier molecular flexibility index (Phi) is 6.32. The average molecular weight is 383 g/mol. The average Bonchev–Trinajstić information content (AvgIpc) is 2.62. The quantitative estimate of drug-likeness (QED) is 0.638. The fraction of sp³-hybridized carbons (Fsp3) is 0.316. The minimum Gasteiger partial charge on any atom is -0.497 e. The third-order valence-corrected chi connectivity index (χ3v) is 4.45. The maximum Gasteiger partial charge on any atom is 0.416 e. The summed E-state index contributed by atoms with van der Waals surface area (Å²) < 4.78 is 44.1. The molecule has 2 unspecified atom stereocenters. The second-order valence-electron chi connectivity index (χ2n) is 6.12. The van der Waals surface area contributed by atoms with Crippen LogP contribution in [-0.4, -0.2) is 29.9 Å². The van der Waals surface area contributed by atoms with Crippen LogP contribution in [0.4, 0.5) is 18.9 Å². The summed E-state index contributed by atoms with van der Waals surface area (Å²) in [6, 6.07) is 9.43. The van der Waals surface area contributed by atoms with Crippen molar-refractivity contribution >= 4 is 11.7 Å². The number of halogens is 3. The number of methoxy groups -OCH3 is 1. The highest BCUT2D eigenvalue weighted by molar-refractivity contribution is 5.72. The zero-order chi connectivity index (χ0) is 20.2. The van der Waals surface area contributed by atoms with E-state index in [1.165, 1.54) is 7.11 Å². The normalized spacial score (nSPS) is 13.8. The summed E-state index contributed by atoms with van der Waals surface area (Å²) in [5, 5.41) is 19.0. The van der Waals surface area contributed by atoms with Crippen LogP contribution in [0.15, 0.2) is 42.5 Å². The summed E-state index contributed by atoms with van der Waals surface area (Å²) >= 11 is 0. The van der Waals surface area contributed by atoms with Crippen molar-refractivity contribution in [3.63, 3.8) is 0 Å². The molecule has 0 bridgehead atoms. The molecule has 2 aromatic carbocycles. The van der Waals surface area contributed by atoms with Gasteiger partial charge in [0.15, 0.2) is 0 Å². The molecule has 0 spiro atoms. The molecule has 0 amide bonds. The van der Waals surface area contributed by atoms with E-state index in [-0.39, 0.29) is 17.7 Å². The molecule has 0 radical (unpaired) electrons. The highest BCUT2D eigenvalue weighted by atomic mass is 19.4. The monoisotopic (exact) mass is 383 g/mol. The van der Waals surface area contributed by atoms with Gasteiger partial charge in [-0.1, -0.05) is 12.1 Å². The molecule has 2 atom stereocenters. The van der Waals surface area contributed by atoms with Gasteiger partial charge in [0.25, 0.3) is 0 Å². The molecule has 0 aromatic heterocycles. The lowest BCUT2D eigenvalue weighted by Gasteiger charge is -2.24. The van der Waals surface area contributed by atoms with E-state index in [0.717, 1.165) is 18.2 Å². The van der Waals surface area contributed by atoms with Crippen molar-refractivity contribution in [3.8, 4) is 5.75 Å². The molecule has 0 heterocycles. The number of anilines is 1. The number of carboxylic acids is 1. The molecular formula is C19H20F3NO4. The van der Waals surface area contributed by atoms with E-state index < -0.39 is 36.2 Å². The van der Waals surface area contributed by atoms with Crippen LogP contribution in [0.25, 0.3) is 0 Å². The van der Waals surface area contributed by atoms with E-state index in [0.29, 0.717) is 11.3 Å². The number of aliphatic hydroxyl groups is 1. The van der Waals surface area contributed by atoms with Crippen molar-refractivity contribution in [3.05, 3.63) is 59.2 Å². The van der Waals surface area contributed by atoms with Crippen LogP contribution in [0.5, 0.6) is 5.75 Å². The summed E-state index contributed by atoms with van der Waals surface area (Å²) in [4.78, 5) is 11.6. The van der Waals surface area contributed by atoms with Crippen LogP contribution >= 0.6 is 0 Å². The molecule has 146 valence electrons. The summed E-state index contributed by atoms with van der Waals surface area (Å²) in [7, 11) is 1.48. The van der Waals surface area contributed by atoms with Gasteiger partial charge in [-0.15, -0.1) is 0 Å². The minimum absolute atomic E-state index is 0.0698. The predicted octanol–water partition coefficient (Wildman–Crippen LogP) is 3.32. The molecule has 0 saturated carbocycles. The summed E-state index contributed by atoms with van der Waals surface area (Å²) in [5.74, 6) is -2.67. The number of aliphatic hydroxyl groups excluding tert-OH is 1. The van der Waals surface area contributed by atoms with Gasteiger partial charge in [0, 0.05) is 11.6 Å². The molecule has 0 aliphatic carbocycles. The number of hydrogen-bond acceptors (Lipinski definition) is 4. The number of rotatable bonds is 7. The zero-order valence-corrected chi connectivity index (χ0v) is 14.5. The molecular weight excluding hydrogens is 363 g/mol. The highest BCUT2D eigenvalue weighted by Gasteiger charge is 2.33. The molecule has 0 saturated heterocycles. The maximum atomic E-state index is 13.0. The number of carboxylic acid groups (broad SMARTS) is 1. The Bertz CT molecular complexity index is 791. The fourth-order valence-electron chi connectivity index (χ4n) is 2.92. The molecule has 0 aliphatic heterocycles. The lowest BCUT2D eigenvalue weighted by Crippen LogP contribution is -2.27. The van der Waals surface area contributed by atoms with Gasteiger partial charge in [-0.25, -0.2) is 0 Å². The van der Waals surface area contributed by atoms with Crippen molar-refractivity contribution in [2.24, 2.45) is 5.92 Å². The van der Waals surface area contributed by atoms with Crippen molar-refractivity contribution in [2.45, 2.75) is 18.5 Å². The number of benzene rings is 2. The first-order valence-electron chi connectivity index (χ1n) is 8.10. The van der Waals surface area contributed by atoms with Crippen LogP contribution < -0.4 is 10.5 Å². The Labute approximate surface area is 154 Å². The highest BCUT2D eigenvalue weighted by Crippen LogP contribution is 2.35. The molecule has 4 N–H and O–H groups in total. The number of carbonyl (C=O) groups is 1. The van der Waals surface area contributed by atoms with Gasteiger partial charge >= 0.3 is 12.1 Å². The third-order valence-electron chi connectivity index (χ3n) is 4.45. The van der Waals surface area contributed by atoms with Crippen LogP contribution in [0.3, 0.4) is 0 Å². The first-order valence-corrected chi connectivity index (χ1v) is 8.10. The van der Waals surface area contributed by atoms with Crippen molar-refractivity contribution < 1.29 is 32.9 Å². The third kappa shape index (κ3) is 4.91. The van der Waals surface area contributed by atoms with Crippen LogP contribution in [0.2, 0.25) is 0 Å². The smallest absolute Gasteiger partial charge is 0.416 e. The molecule has 27 heavy (non-hydrogen) atoms. The lowest BCUT2D eigenvalue weighted by atomic mass is 9.81. The van der Waals surface area contributed by atoms with E-state index in [1.54, 1.807) is 24.3 Å². The van der Waals surface area contributed by atoms with E-state index in [1.807, 2.05) is 0 Å². The molecule has 2 rings (SSSR count). The van der Waals surface area contributed by atoms with Gasteiger partial charge in [0.2, 0.25) is 0 Å². The molecule has 2 aromatic rings. The number of nitrogens with two attached hydrogens (primary N) is 1. The van der Waals surface area contributed by atoms with Gasteiger partial charge in [0.1, 0.15) is 5.75 Å². The van der Waals surface area contributed by atoms with Gasteiger partial charge < -0.3 is 20.7 Å².